The summed E-state index contributed by atoms with van der Waals surface area (Å²) in [5, 5.41) is 5.88. The number of carbonyl (C=O) groups is 1. The molecule has 0 aromatic heterocycles. The largest absolute Gasteiger partial charge is 0.454 e. The van der Waals surface area contributed by atoms with Gasteiger partial charge in [0.15, 0.2) is 11.5 Å². The van der Waals surface area contributed by atoms with Crippen molar-refractivity contribution in [2.75, 3.05) is 26.9 Å². The van der Waals surface area contributed by atoms with E-state index in [1.165, 1.54) is 5.56 Å². The topological polar surface area (TPSA) is 62.8 Å². The Kier molecular flexibility index (Phi) is 6.54. The first kappa shape index (κ1) is 19.0. The zero-order chi connectivity index (χ0) is 19.1. The van der Waals surface area contributed by atoms with Crippen molar-refractivity contribution in [2.24, 2.45) is 0 Å². The Hall–Kier alpha value is -2.73. The fourth-order valence-corrected chi connectivity index (χ4v) is 3.04. The van der Waals surface area contributed by atoms with Crippen molar-refractivity contribution in [3.8, 4) is 11.5 Å². The van der Waals surface area contributed by atoms with Gasteiger partial charge >= 0.3 is 6.03 Å². The maximum Gasteiger partial charge on any atom is 0.315 e. The zero-order valence-electron chi connectivity index (χ0n) is 15.9. The third-order valence-electron chi connectivity index (χ3n) is 4.54. The minimum atomic E-state index is -0.161. The molecule has 1 heterocycles. The summed E-state index contributed by atoms with van der Waals surface area (Å²) in [5.74, 6) is 1.47. The highest BCUT2D eigenvalue weighted by atomic mass is 16.7. The normalized spacial score (nSPS) is 13.4. The summed E-state index contributed by atoms with van der Waals surface area (Å²) in [6.07, 6.45) is 0.898. The van der Waals surface area contributed by atoms with Crippen LogP contribution in [0.25, 0.3) is 0 Å². The van der Waals surface area contributed by atoms with E-state index in [-0.39, 0.29) is 18.9 Å². The highest BCUT2D eigenvalue weighted by molar-refractivity contribution is 5.74. The molecule has 6 nitrogen and oxygen atoms in total. The van der Waals surface area contributed by atoms with Crippen LogP contribution in [0, 0.1) is 0 Å². The molecule has 1 aliphatic heterocycles. The summed E-state index contributed by atoms with van der Waals surface area (Å²) in [7, 11) is 2.09. The fraction of sp³-hybridized carbons (Fsp3) is 0.381. The molecule has 2 aromatic carbocycles. The van der Waals surface area contributed by atoms with Crippen molar-refractivity contribution in [1.29, 1.82) is 0 Å². The van der Waals surface area contributed by atoms with Crippen molar-refractivity contribution < 1.29 is 14.3 Å². The van der Waals surface area contributed by atoms with Gasteiger partial charge < -0.3 is 25.0 Å². The van der Waals surface area contributed by atoms with Crippen molar-refractivity contribution in [2.45, 2.75) is 25.9 Å². The average molecular weight is 369 g/mol. The first-order valence-corrected chi connectivity index (χ1v) is 9.28. The van der Waals surface area contributed by atoms with Crippen LogP contribution in [0.5, 0.6) is 11.5 Å². The summed E-state index contributed by atoms with van der Waals surface area (Å²) in [5.41, 5.74) is 2.28. The van der Waals surface area contributed by atoms with Gasteiger partial charge in [-0.25, -0.2) is 4.79 Å². The van der Waals surface area contributed by atoms with Crippen LogP contribution in [0.1, 0.15) is 30.5 Å². The Morgan fingerprint density at radius 2 is 1.93 bits per heavy atom. The van der Waals surface area contributed by atoms with Gasteiger partial charge in [0.1, 0.15) is 0 Å². The molecule has 2 amide bonds. The molecule has 0 saturated carbocycles. The molecule has 2 aromatic rings. The van der Waals surface area contributed by atoms with Gasteiger partial charge in [0.25, 0.3) is 0 Å². The van der Waals surface area contributed by atoms with Gasteiger partial charge in [-0.3, -0.25) is 0 Å². The smallest absolute Gasteiger partial charge is 0.315 e. The van der Waals surface area contributed by atoms with Crippen LogP contribution in [0.4, 0.5) is 4.79 Å². The highest BCUT2D eigenvalue weighted by Crippen LogP contribution is 2.34. The number of ether oxygens (including phenoxy) is 2. The van der Waals surface area contributed by atoms with E-state index in [2.05, 4.69) is 46.8 Å². The molecule has 0 spiro atoms. The molecule has 0 radical (unpaired) electrons. The molecule has 144 valence electrons. The lowest BCUT2D eigenvalue weighted by Gasteiger charge is -2.18. The van der Waals surface area contributed by atoms with E-state index in [4.69, 9.17) is 9.47 Å². The number of hydrogen-bond donors (Lipinski definition) is 2. The molecule has 0 aliphatic carbocycles. The summed E-state index contributed by atoms with van der Waals surface area (Å²) in [6.45, 7) is 4.67. The molecule has 1 aliphatic rings. The number of benzene rings is 2. The van der Waals surface area contributed by atoms with Crippen LogP contribution in [0.3, 0.4) is 0 Å². The van der Waals surface area contributed by atoms with Crippen molar-refractivity contribution in [3.63, 3.8) is 0 Å². The number of nitrogens with one attached hydrogen (secondary N) is 2. The van der Waals surface area contributed by atoms with Crippen LogP contribution in [0.15, 0.2) is 48.5 Å². The van der Waals surface area contributed by atoms with Crippen molar-refractivity contribution in [1.82, 2.24) is 15.5 Å². The van der Waals surface area contributed by atoms with Gasteiger partial charge in [-0.15, -0.1) is 0 Å². The fourth-order valence-electron chi connectivity index (χ4n) is 3.04. The molecule has 0 fully saturated rings. The lowest BCUT2D eigenvalue weighted by atomic mass is 10.1. The van der Waals surface area contributed by atoms with Crippen LogP contribution >= 0.6 is 0 Å². The molecular weight excluding hydrogens is 342 g/mol. The van der Waals surface area contributed by atoms with Gasteiger partial charge in [0.05, 0.1) is 6.04 Å². The summed E-state index contributed by atoms with van der Waals surface area (Å²) in [6, 6.07) is 15.8. The number of urea groups is 1. The SMILES string of the molecule is C[C@@H](NC(=O)NCCCN(C)Cc1ccccc1)c1ccc2c(c1)OCO2. The summed E-state index contributed by atoms with van der Waals surface area (Å²) < 4.78 is 10.7. The minimum Gasteiger partial charge on any atom is -0.454 e. The summed E-state index contributed by atoms with van der Waals surface area (Å²) >= 11 is 0. The number of carbonyl (C=O) groups excluding carboxylic acids is 1. The monoisotopic (exact) mass is 369 g/mol. The first-order valence-electron chi connectivity index (χ1n) is 9.28. The Balaban J connectivity index is 1.34. The second-order valence-electron chi connectivity index (χ2n) is 6.81. The van der Waals surface area contributed by atoms with Crippen LogP contribution in [0.2, 0.25) is 0 Å². The molecular formula is C21H27N3O3. The Labute approximate surface area is 160 Å². The number of rotatable bonds is 8. The van der Waals surface area contributed by atoms with Crippen molar-refractivity contribution >= 4 is 6.03 Å². The predicted octanol–water partition coefficient (Wildman–Crippen LogP) is 3.30. The van der Waals surface area contributed by atoms with Crippen LogP contribution in [-0.2, 0) is 6.54 Å². The van der Waals surface area contributed by atoms with Gasteiger partial charge in [0, 0.05) is 13.1 Å². The maximum absolute atomic E-state index is 12.1. The molecule has 2 N–H and O–H groups in total. The first-order chi connectivity index (χ1) is 13.1. The lowest BCUT2D eigenvalue weighted by Crippen LogP contribution is -2.38. The van der Waals surface area contributed by atoms with Crippen LogP contribution in [-0.4, -0.2) is 37.9 Å². The Bertz CT molecular complexity index is 752. The number of nitrogens with zero attached hydrogens (tertiary/aromatic N) is 1. The van der Waals surface area contributed by atoms with E-state index in [0.29, 0.717) is 6.54 Å². The standard InChI is InChI=1S/C21H27N3O3/c1-16(18-9-10-19-20(13-18)27-15-26-19)23-21(25)22-11-6-12-24(2)14-17-7-4-3-5-8-17/h3-5,7-10,13,16H,6,11-12,14-15H2,1-2H3,(H2,22,23,25)/t16-/m1/s1. The number of amides is 2. The van der Waals surface area contributed by atoms with E-state index in [9.17, 15) is 4.79 Å². The zero-order valence-corrected chi connectivity index (χ0v) is 15.9. The Morgan fingerprint density at radius 3 is 2.74 bits per heavy atom. The second-order valence-corrected chi connectivity index (χ2v) is 6.81. The summed E-state index contributed by atoms with van der Waals surface area (Å²) in [4.78, 5) is 14.4. The van der Waals surface area contributed by atoms with E-state index in [1.54, 1.807) is 0 Å². The molecule has 3 rings (SSSR count). The Morgan fingerprint density at radius 1 is 1.15 bits per heavy atom. The van der Waals surface area contributed by atoms with Crippen molar-refractivity contribution in [3.05, 3.63) is 59.7 Å². The van der Waals surface area contributed by atoms with Gasteiger partial charge in [-0.05, 0) is 50.2 Å². The maximum atomic E-state index is 12.1. The van der Waals surface area contributed by atoms with E-state index < -0.39 is 0 Å². The molecule has 6 heteroatoms. The molecule has 0 unspecified atom stereocenters. The van der Waals surface area contributed by atoms with Gasteiger partial charge in [-0.2, -0.15) is 0 Å². The van der Waals surface area contributed by atoms with Crippen LogP contribution < -0.4 is 20.1 Å². The van der Waals surface area contributed by atoms with E-state index in [0.717, 1.165) is 36.6 Å². The van der Waals surface area contributed by atoms with Gasteiger partial charge in [0.2, 0.25) is 6.79 Å². The molecule has 1 atom stereocenters. The highest BCUT2D eigenvalue weighted by Gasteiger charge is 2.16. The van der Waals surface area contributed by atoms with E-state index >= 15 is 0 Å². The second kappa shape index (κ2) is 9.28. The third-order valence-corrected chi connectivity index (χ3v) is 4.54. The molecule has 0 bridgehead atoms. The molecule has 0 saturated heterocycles. The quantitative estimate of drug-likeness (QED) is 0.701. The average Bonchev–Trinajstić information content (AvgIpc) is 3.14. The van der Waals surface area contributed by atoms with Gasteiger partial charge in [-0.1, -0.05) is 36.4 Å². The molecule has 27 heavy (non-hydrogen) atoms. The lowest BCUT2D eigenvalue weighted by molar-refractivity contribution is 0.174. The third kappa shape index (κ3) is 5.62. The van der Waals surface area contributed by atoms with E-state index in [1.807, 2.05) is 31.2 Å². The number of hydrogen-bond acceptors (Lipinski definition) is 4. The minimum absolute atomic E-state index is 0.111. The number of fused-ring (bicyclic) bond motifs is 1. The predicted molar refractivity (Wildman–Crippen MR) is 105 cm³/mol.